The molecule has 0 bridgehead atoms. The molecule has 0 aliphatic rings. The van der Waals surface area contributed by atoms with Crippen molar-refractivity contribution in [3.63, 3.8) is 0 Å². The number of benzene rings is 2. The van der Waals surface area contributed by atoms with Crippen molar-refractivity contribution in [2.24, 2.45) is 0 Å². The molecule has 0 N–H and O–H groups in total. The van der Waals surface area contributed by atoms with Crippen LogP contribution < -0.4 is 5.11 Å². The van der Waals surface area contributed by atoms with Crippen molar-refractivity contribution in [3.8, 4) is 0 Å². The minimum absolute atomic E-state index is 0.420. The monoisotopic (exact) mass is 243 g/mol. The van der Waals surface area contributed by atoms with Crippen LogP contribution in [0.1, 0.15) is 18.6 Å². The summed E-state index contributed by atoms with van der Waals surface area (Å²) in [5.74, 6) is -2.08. The van der Waals surface area contributed by atoms with Crippen LogP contribution in [-0.4, -0.2) is 11.9 Å². The normalized spacial score (nSPS) is 12.1. The summed E-state index contributed by atoms with van der Waals surface area (Å²) in [7, 11) is 0. The lowest BCUT2D eigenvalue weighted by Gasteiger charge is -2.19. The lowest BCUT2D eigenvalue weighted by atomic mass is 10.0. The first-order chi connectivity index (χ1) is 8.59. The third-order valence-corrected chi connectivity index (χ3v) is 2.60. The molecular formula is C14H11O4-. The van der Waals surface area contributed by atoms with Gasteiger partial charge in [-0.1, -0.05) is 42.5 Å². The van der Waals surface area contributed by atoms with Gasteiger partial charge in [0, 0.05) is 12.5 Å². The molecule has 4 nitrogen and oxygen atoms in total. The molecule has 92 valence electrons. The molecule has 0 aromatic heterocycles. The SMILES string of the molecule is CC(=O)OC(C(=O)[O-])c1cccc2ccccc12. The lowest BCUT2D eigenvalue weighted by molar-refractivity contribution is -0.316. The van der Waals surface area contributed by atoms with Crippen LogP contribution in [0.15, 0.2) is 42.5 Å². The third kappa shape index (κ3) is 2.32. The zero-order valence-corrected chi connectivity index (χ0v) is 9.75. The molecule has 0 heterocycles. The minimum atomic E-state index is -1.43. The van der Waals surface area contributed by atoms with E-state index < -0.39 is 18.0 Å². The van der Waals surface area contributed by atoms with Gasteiger partial charge in [0.1, 0.15) is 0 Å². The first-order valence-electron chi connectivity index (χ1n) is 5.45. The molecule has 1 unspecified atom stereocenters. The highest BCUT2D eigenvalue weighted by molar-refractivity contribution is 5.90. The van der Waals surface area contributed by atoms with Gasteiger partial charge in [-0.05, 0) is 10.8 Å². The van der Waals surface area contributed by atoms with Gasteiger partial charge in [-0.15, -0.1) is 0 Å². The standard InChI is InChI=1S/C14H12O4/c1-9(15)18-13(14(16)17)12-8-4-6-10-5-2-3-7-11(10)12/h2-8,13H,1H3,(H,16,17)/p-1. The Morgan fingerprint density at radius 2 is 1.78 bits per heavy atom. The fraction of sp³-hybridized carbons (Fsp3) is 0.143. The van der Waals surface area contributed by atoms with E-state index in [1.54, 1.807) is 24.3 Å². The van der Waals surface area contributed by atoms with E-state index in [1.165, 1.54) is 6.92 Å². The lowest BCUT2D eigenvalue weighted by Crippen LogP contribution is -2.32. The van der Waals surface area contributed by atoms with Crippen LogP contribution in [0.4, 0.5) is 0 Å². The van der Waals surface area contributed by atoms with Gasteiger partial charge in [0.15, 0.2) is 6.10 Å². The highest BCUT2D eigenvalue weighted by Gasteiger charge is 2.18. The summed E-state index contributed by atoms with van der Waals surface area (Å²) < 4.78 is 4.80. The molecule has 0 radical (unpaired) electrons. The summed E-state index contributed by atoms with van der Waals surface area (Å²) in [6, 6.07) is 12.5. The van der Waals surface area contributed by atoms with Crippen molar-refractivity contribution >= 4 is 22.7 Å². The average molecular weight is 243 g/mol. The molecule has 0 saturated heterocycles. The van der Waals surface area contributed by atoms with E-state index in [-0.39, 0.29) is 0 Å². The molecule has 2 aromatic carbocycles. The molecule has 4 heteroatoms. The molecule has 0 aliphatic carbocycles. The summed E-state index contributed by atoms with van der Waals surface area (Å²) in [4.78, 5) is 22.0. The number of fused-ring (bicyclic) bond motifs is 1. The number of carboxylic acids is 1. The van der Waals surface area contributed by atoms with Crippen molar-refractivity contribution in [2.45, 2.75) is 13.0 Å². The van der Waals surface area contributed by atoms with Crippen molar-refractivity contribution < 1.29 is 19.4 Å². The summed E-state index contributed by atoms with van der Waals surface area (Å²) in [5.41, 5.74) is 0.420. The van der Waals surface area contributed by atoms with Gasteiger partial charge in [0.2, 0.25) is 0 Å². The number of hydrogen-bond acceptors (Lipinski definition) is 4. The Labute approximate surface area is 104 Å². The van der Waals surface area contributed by atoms with Gasteiger partial charge >= 0.3 is 5.97 Å². The van der Waals surface area contributed by atoms with Crippen LogP contribution in [-0.2, 0) is 14.3 Å². The predicted octanol–water partition coefficient (Wildman–Crippen LogP) is 1.19. The van der Waals surface area contributed by atoms with Gasteiger partial charge < -0.3 is 14.6 Å². The number of aliphatic carboxylic acids is 1. The van der Waals surface area contributed by atoms with Crippen molar-refractivity contribution in [1.82, 2.24) is 0 Å². The maximum atomic E-state index is 11.1. The molecule has 0 fully saturated rings. The first-order valence-corrected chi connectivity index (χ1v) is 5.45. The number of esters is 1. The van der Waals surface area contributed by atoms with E-state index in [0.717, 1.165) is 10.8 Å². The second kappa shape index (κ2) is 4.87. The topological polar surface area (TPSA) is 66.4 Å². The predicted molar refractivity (Wildman–Crippen MR) is 63.5 cm³/mol. The van der Waals surface area contributed by atoms with Gasteiger partial charge in [0.25, 0.3) is 0 Å². The van der Waals surface area contributed by atoms with Crippen LogP contribution >= 0.6 is 0 Å². The second-order valence-electron chi connectivity index (χ2n) is 3.88. The Kier molecular flexibility index (Phi) is 3.28. The first kappa shape index (κ1) is 12.1. The Morgan fingerprint density at radius 1 is 1.11 bits per heavy atom. The maximum absolute atomic E-state index is 11.1. The number of carboxylic acid groups (broad SMARTS) is 1. The summed E-state index contributed by atoms with van der Waals surface area (Å²) >= 11 is 0. The van der Waals surface area contributed by atoms with E-state index >= 15 is 0 Å². The van der Waals surface area contributed by atoms with E-state index in [9.17, 15) is 14.7 Å². The van der Waals surface area contributed by atoms with Crippen molar-refractivity contribution in [1.29, 1.82) is 0 Å². The highest BCUT2D eigenvalue weighted by Crippen LogP contribution is 2.26. The zero-order valence-electron chi connectivity index (χ0n) is 9.75. The molecule has 0 aliphatic heterocycles. The number of ether oxygens (including phenoxy) is 1. The summed E-state index contributed by atoms with van der Waals surface area (Å²) in [6.07, 6.45) is -1.38. The van der Waals surface area contributed by atoms with E-state index in [1.807, 2.05) is 18.2 Å². The van der Waals surface area contributed by atoms with Gasteiger partial charge in [0.05, 0.1) is 5.97 Å². The largest absolute Gasteiger partial charge is 0.546 e. The van der Waals surface area contributed by atoms with Gasteiger partial charge in [-0.3, -0.25) is 4.79 Å². The molecular weight excluding hydrogens is 232 g/mol. The van der Waals surface area contributed by atoms with Crippen molar-refractivity contribution in [2.75, 3.05) is 0 Å². The molecule has 0 saturated carbocycles. The van der Waals surface area contributed by atoms with Gasteiger partial charge in [-0.25, -0.2) is 0 Å². The van der Waals surface area contributed by atoms with Crippen molar-refractivity contribution in [3.05, 3.63) is 48.0 Å². The number of carbonyl (C=O) groups excluding carboxylic acids is 2. The summed E-state index contributed by atoms with van der Waals surface area (Å²) in [5, 5.41) is 12.7. The van der Waals surface area contributed by atoms with E-state index in [4.69, 9.17) is 4.74 Å². The number of rotatable bonds is 3. The fourth-order valence-corrected chi connectivity index (χ4v) is 1.88. The van der Waals surface area contributed by atoms with Gasteiger partial charge in [-0.2, -0.15) is 0 Å². The van der Waals surface area contributed by atoms with Crippen LogP contribution in [0, 0.1) is 0 Å². The van der Waals surface area contributed by atoms with Crippen LogP contribution in [0.25, 0.3) is 10.8 Å². The van der Waals surface area contributed by atoms with Crippen LogP contribution in [0.3, 0.4) is 0 Å². The Morgan fingerprint density at radius 3 is 2.44 bits per heavy atom. The Hall–Kier alpha value is -2.36. The minimum Gasteiger partial charge on any atom is -0.546 e. The molecule has 0 spiro atoms. The quantitative estimate of drug-likeness (QED) is 0.759. The Bertz CT molecular complexity index is 598. The molecule has 18 heavy (non-hydrogen) atoms. The van der Waals surface area contributed by atoms with E-state index in [2.05, 4.69) is 0 Å². The molecule has 2 aromatic rings. The molecule has 0 amide bonds. The zero-order chi connectivity index (χ0) is 13.1. The number of hydrogen-bond donors (Lipinski definition) is 0. The molecule has 2 rings (SSSR count). The van der Waals surface area contributed by atoms with Crippen LogP contribution in [0.2, 0.25) is 0 Å². The maximum Gasteiger partial charge on any atom is 0.303 e. The Balaban J connectivity index is 2.57. The number of carbonyl (C=O) groups is 2. The second-order valence-corrected chi connectivity index (χ2v) is 3.88. The fourth-order valence-electron chi connectivity index (χ4n) is 1.88. The van der Waals surface area contributed by atoms with Crippen LogP contribution in [0.5, 0.6) is 0 Å². The van der Waals surface area contributed by atoms with E-state index in [0.29, 0.717) is 5.56 Å². The molecule has 1 atom stereocenters. The third-order valence-electron chi connectivity index (χ3n) is 2.60. The smallest absolute Gasteiger partial charge is 0.303 e. The average Bonchev–Trinajstić information content (AvgIpc) is 2.35. The highest BCUT2D eigenvalue weighted by atomic mass is 16.6. The summed E-state index contributed by atoms with van der Waals surface area (Å²) in [6.45, 7) is 1.17.